The number of imide groups is 1. The van der Waals surface area contributed by atoms with E-state index < -0.39 is 11.9 Å². The third kappa shape index (κ3) is 4.40. The van der Waals surface area contributed by atoms with Crippen LogP contribution in [0.2, 0.25) is 5.28 Å². The lowest BCUT2D eigenvalue weighted by Gasteiger charge is -2.10. The molecule has 2 N–H and O–H groups in total. The van der Waals surface area contributed by atoms with E-state index in [2.05, 4.69) is 20.6 Å². The Morgan fingerprint density at radius 3 is 2.71 bits per heavy atom. The van der Waals surface area contributed by atoms with E-state index in [1.54, 1.807) is 0 Å². The number of nitrogens with one attached hydrogen (secondary N) is 2. The summed E-state index contributed by atoms with van der Waals surface area (Å²) in [5, 5.41) is 4.45. The van der Waals surface area contributed by atoms with Gasteiger partial charge >= 0.3 is 6.03 Å². The van der Waals surface area contributed by atoms with Crippen molar-refractivity contribution in [2.45, 2.75) is 0 Å². The summed E-state index contributed by atoms with van der Waals surface area (Å²) >= 11 is 5.81. The molecule has 1 fully saturated rings. The third-order valence-electron chi connectivity index (χ3n) is 2.50. The van der Waals surface area contributed by atoms with Crippen molar-refractivity contribution in [2.75, 3.05) is 27.2 Å². The van der Waals surface area contributed by atoms with Crippen molar-refractivity contribution in [3.8, 4) is 5.88 Å². The van der Waals surface area contributed by atoms with Gasteiger partial charge < -0.3 is 15.0 Å². The maximum atomic E-state index is 11.4. The number of nitrogens with zero attached hydrogens (tertiary/aromatic N) is 3. The summed E-state index contributed by atoms with van der Waals surface area (Å²) in [7, 11) is 3.85. The fraction of sp³-hybridized carbons (Fsp3) is 0.333. The molecule has 0 saturated carbocycles. The molecule has 3 amide bonds. The van der Waals surface area contributed by atoms with Crippen LogP contribution in [0.4, 0.5) is 4.79 Å². The SMILES string of the molecule is CN(C)CCOc1cc(/C=C2/NC(=O)NC2=O)nc(Cl)n1. The van der Waals surface area contributed by atoms with Crippen molar-refractivity contribution in [1.82, 2.24) is 25.5 Å². The minimum Gasteiger partial charge on any atom is -0.476 e. The first-order valence-electron chi connectivity index (χ1n) is 6.10. The Morgan fingerprint density at radius 1 is 1.33 bits per heavy atom. The summed E-state index contributed by atoms with van der Waals surface area (Å²) in [5.41, 5.74) is 0.455. The van der Waals surface area contributed by atoms with Gasteiger partial charge in [-0.1, -0.05) is 0 Å². The molecule has 0 aliphatic carbocycles. The second kappa shape index (κ2) is 6.51. The van der Waals surface area contributed by atoms with Crippen LogP contribution in [0.25, 0.3) is 6.08 Å². The predicted octanol–water partition coefficient (Wildman–Crippen LogP) is 0.251. The second-order valence-electron chi connectivity index (χ2n) is 4.52. The van der Waals surface area contributed by atoms with E-state index in [4.69, 9.17) is 16.3 Å². The lowest BCUT2D eigenvalue weighted by molar-refractivity contribution is -0.115. The van der Waals surface area contributed by atoms with Crippen molar-refractivity contribution in [3.05, 3.63) is 22.7 Å². The Balaban J connectivity index is 2.13. The molecule has 9 heteroatoms. The summed E-state index contributed by atoms with van der Waals surface area (Å²) in [6.07, 6.45) is 1.40. The molecule has 1 aliphatic rings. The number of likely N-dealkylation sites (N-methyl/N-ethyl adjacent to an activating group) is 1. The minimum absolute atomic E-state index is 0.00562. The summed E-state index contributed by atoms with van der Waals surface area (Å²) in [4.78, 5) is 32.3. The Bertz CT molecular complexity index is 603. The number of urea groups is 1. The van der Waals surface area contributed by atoms with E-state index in [-0.39, 0.29) is 11.0 Å². The quantitative estimate of drug-likeness (QED) is 0.460. The van der Waals surface area contributed by atoms with E-state index in [0.29, 0.717) is 18.2 Å². The zero-order chi connectivity index (χ0) is 15.4. The summed E-state index contributed by atoms with van der Waals surface area (Å²) < 4.78 is 5.46. The third-order valence-corrected chi connectivity index (χ3v) is 2.66. The van der Waals surface area contributed by atoms with Crippen molar-refractivity contribution in [3.63, 3.8) is 0 Å². The van der Waals surface area contributed by atoms with Crippen LogP contribution in [0.5, 0.6) is 5.88 Å². The van der Waals surface area contributed by atoms with Gasteiger partial charge in [0.15, 0.2) is 0 Å². The minimum atomic E-state index is -0.575. The number of halogens is 1. The molecule has 0 atom stereocenters. The maximum Gasteiger partial charge on any atom is 0.326 e. The summed E-state index contributed by atoms with van der Waals surface area (Å²) in [6.45, 7) is 1.16. The number of carbonyl (C=O) groups excluding carboxylic acids is 2. The molecule has 8 nitrogen and oxygen atoms in total. The lowest BCUT2D eigenvalue weighted by Crippen LogP contribution is -2.22. The molecule has 0 unspecified atom stereocenters. The van der Waals surface area contributed by atoms with Crippen LogP contribution in [-0.2, 0) is 4.79 Å². The van der Waals surface area contributed by atoms with Gasteiger partial charge in [0, 0.05) is 12.6 Å². The predicted molar refractivity (Wildman–Crippen MR) is 75.7 cm³/mol. The Kier molecular flexibility index (Phi) is 4.71. The number of carbonyl (C=O) groups is 2. The van der Waals surface area contributed by atoms with E-state index >= 15 is 0 Å². The highest BCUT2D eigenvalue weighted by atomic mass is 35.5. The van der Waals surface area contributed by atoms with Crippen LogP contribution < -0.4 is 15.4 Å². The Labute approximate surface area is 126 Å². The average Bonchev–Trinajstić information content (AvgIpc) is 2.66. The van der Waals surface area contributed by atoms with Crippen LogP contribution in [0, 0.1) is 0 Å². The first kappa shape index (κ1) is 15.2. The molecule has 1 aromatic rings. The van der Waals surface area contributed by atoms with Gasteiger partial charge in [0.2, 0.25) is 11.2 Å². The van der Waals surface area contributed by atoms with Gasteiger partial charge in [0.05, 0.1) is 5.69 Å². The molecule has 0 radical (unpaired) electrons. The molecule has 1 aromatic heterocycles. The summed E-state index contributed by atoms with van der Waals surface area (Å²) in [6, 6.07) is 0.959. The Morgan fingerprint density at radius 2 is 2.10 bits per heavy atom. The lowest BCUT2D eigenvalue weighted by atomic mass is 10.3. The molecule has 0 spiro atoms. The molecule has 21 heavy (non-hydrogen) atoms. The highest BCUT2D eigenvalue weighted by Crippen LogP contribution is 2.15. The first-order chi connectivity index (χ1) is 9.94. The molecular formula is C12H14ClN5O3. The number of hydrogen-bond donors (Lipinski definition) is 2. The zero-order valence-electron chi connectivity index (χ0n) is 11.5. The number of hydrogen-bond acceptors (Lipinski definition) is 6. The largest absolute Gasteiger partial charge is 0.476 e. The molecule has 1 saturated heterocycles. The van der Waals surface area contributed by atoms with Crippen molar-refractivity contribution in [1.29, 1.82) is 0 Å². The molecule has 0 bridgehead atoms. The number of rotatable bonds is 5. The van der Waals surface area contributed by atoms with Gasteiger partial charge in [0.25, 0.3) is 5.91 Å². The van der Waals surface area contributed by atoms with E-state index in [9.17, 15) is 9.59 Å². The van der Waals surface area contributed by atoms with Crippen LogP contribution in [0.1, 0.15) is 5.69 Å². The molecular weight excluding hydrogens is 298 g/mol. The van der Waals surface area contributed by atoms with Crippen molar-refractivity contribution in [2.24, 2.45) is 0 Å². The fourth-order valence-electron chi connectivity index (χ4n) is 1.52. The normalized spacial score (nSPS) is 16.3. The van der Waals surface area contributed by atoms with Gasteiger partial charge in [-0.15, -0.1) is 0 Å². The zero-order valence-corrected chi connectivity index (χ0v) is 12.3. The highest BCUT2D eigenvalue weighted by Gasteiger charge is 2.23. The van der Waals surface area contributed by atoms with Crippen LogP contribution in [-0.4, -0.2) is 54.1 Å². The average molecular weight is 312 g/mol. The number of amides is 3. The molecule has 2 rings (SSSR count). The Hall–Kier alpha value is -2.19. The van der Waals surface area contributed by atoms with Gasteiger partial charge in [-0.25, -0.2) is 9.78 Å². The van der Waals surface area contributed by atoms with E-state index in [1.807, 2.05) is 19.0 Å². The number of ether oxygens (including phenoxy) is 1. The second-order valence-corrected chi connectivity index (χ2v) is 4.86. The van der Waals surface area contributed by atoms with Gasteiger partial charge in [-0.05, 0) is 31.8 Å². The van der Waals surface area contributed by atoms with Gasteiger partial charge in [-0.3, -0.25) is 10.1 Å². The standard InChI is InChI=1S/C12H14ClN5O3/c1-18(2)3-4-21-9-6-7(14-11(13)16-9)5-8-10(19)17-12(20)15-8/h5-6H,3-4H2,1-2H3,(H2,15,17,19,20)/b8-5+. The molecule has 2 heterocycles. The van der Waals surface area contributed by atoms with Crippen LogP contribution in [0.15, 0.2) is 11.8 Å². The van der Waals surface area contributed by atoms with E-state index in [1.165, 1.54) is 12.1 Å². The van der Waals surface area contributed by atoms with Gasteiger partial charge in [-0.2, -0.15) is 4.98 Å². The fourth-order valence-corrected chi connectivity index (χ4v) is 1.71. The maximum absolute atomic E-state index is 11.4. The van der Waals surface area contributed by atoms with E-state index in [0.717, 1.165) is 6.54 Å². The monoisotopic (exact) mass is 311 g/mol. The molecule has 112 valence electrons. The molecule has 0 aromatic carbocycles. The summed E-state index contributed by atoms with van der Waals surface area (Å²) in [5.74, 6) is -0.224. The van der Waals surface area contributed by atoms with Gasteiger partial charge in [0.1, 0.15) is 12.3 Å². The van der Waals surface area contributed by atoms with Crippen molar-refractivity contribution < 1.29 is 14.3 Å². The highest BCUT2D eigenvalue weighted by molar-refractivity contribution is 6.28. The van der Waals surface area contributed by atoms with Crippen LogP contribution >= 0.6 is 11.6 Å². The number of aromatic nitrogens is 2. The topological polar surface area (TPSA) is 96.5 Å². The van der Waals surface area contributed by atoms with Crippen molar-refractivity contribution >= 4 is 29.6 Å². The first-order valence-corrected chi connectivity index (χ1v) is 6.48. The van der Waals surface area contributed by atoms with Crippen LogP contribution in [0.3, 0.4) is 0 Å². The molecule has 1 aliphatic heterocycles. The smallest absolute Gasteiger partial charge is 0.326 e.